The molecule has 1 aliphatic heterocycles. The third-order valence-electron chi connectivity index (χ3n) is 4.08. The van der Waals surface area contributed by atoms with Crippen LogP contribution in [-0.2, 0) is 0 Å². The van der Waals surface area contributed by atoms with E-state index >= 15 is 0 Å². The number of amides is 2. The Kier molecular flexibility index (Phi) is 4.42. The summed E-state index contributed by atoms with van der Waals surface area (Å²) in [5.41, 5.74) is 0.565. The largest absolute Gasteiger partial charge is 0.504 e. The number of phenolic OH excluding ortho intramolecular Hbond substituents is 3. The number of phenols is 3. The molecule has 0 atom stereocenters. The highest BCUT2D eigenvalue weighted by atomic mass is 16.3. The fraction of sp³-hybridized carbons (Fsp3) is 0.235. The van der Waals surface area contributed by atoms with E-state index in [9.17, 15) is 24.9 Å². The number of aromatic hydroxyl groups is 3. The predicted octanol–water partition coefficient (Wildman–Crippen LogP) is 0.797. The molecule has 25 heavy (non-hydrogen) atoms. The predicted molar refractivity (Wildman–Crippen MR) is 87.5 cm³/mol. The molecule has 130 valence electrons. The van der Waals surface area contributed by atoms with Crippen LogP contribution in [-0.4, -0.2) is 68.1 Å². The second kappa shape index (κ2) is 6.68. The van der Waals surface area contributed by atoms with Crippen molar-refractivity contribution in [3.05, 3.63) is 47.8 Å². The van der Waals surface area contributed by atoms with Crippen molar-refractivity contribution < 1.29 is 24.9 Å². The summed E-state index contributed by atoms with van der Waals surface area (Å²) in [7, 11) is 0. The molecule has 0 spiro atoms. The lowest BCUT2D eigenvalue weighted by molar-refractivity contribution is 0.0535. The van der Waals surface area contributed by atoms with Crippen molar-refractivity contribution in [2.45, 2.75) is 0 Å². The molecule has 1 fully saturated rings. The molecule has 2 aromatic rings. The highest BCUT2D eigenvalue weighted by molar-refractivity contribution is 5.96. The fourth-order valence-electron chi connectivity index (χ4n) is 2.69. The standard InChI is InChI=1S/C17H17N3O5/c21-13-8-12(9-14(22)15(13)23)17(25)20-6-4-19(5-7-20)16(24)11-2-1-3-18-10-11/h1-3,8-10,21-23H,4-7H2. The van der Waals surface area contributed by atoms with Crippen molar-refractivity contribution in [3.8, 4) is 17.2 Å². The molecule has 0 aliphatic carbocycles. The topological polar surface area (TPSA) is 114 Å². The Hall–Kier alpha value is -3.29. The fourth-order valence-corrected chi connectivity index (χ4v) is 2.69. The van der Waals surface area contributed by atoms with E-state index in [-0.39, 0.29) is 17.4 Å². The highest BCUT2D eigenvalue weighted by Crippen LogP contribution is 2.35. The molecule has 0 unspecified atom stereocenters. The maximum Gasteiger partial charge on any atom is 0.255 e. The van der Waals surface area contributed by atoms with Crippen molar-refractivity contribution in [1.29, 1.82) is 0 Å². The number of hydrogen-bond donors (Lipinski definition) is 3. The van der Waals surface area contributed by atoms with Crippen LogP contribution in [0.25, 0.3) is 0 Å². The Morgan fingerprint density at radius 1 is 0.880 bits per heavy atom. The number of carbonyl (C=O) groups is 2. The van der Waals surface area contributed by atoms with Gasteiger partial charge in [0.05, 0.1) is 5.56 Å². The first kappa shape index (κ1) is 16.6. The monoisotopic (exact) mass is 343 g/mol. The van der Waals surface area contributed by atoms with Gasteiger partial charge in [0.2, 0.25) is 0 Å². The normalized spacial score (nSPS) is 14.4. The Balaban J connectivity index is 1.66. The zero-order valence-electron chi connectivity index (χ0n) is 13.3. The third-order valence-corrected chi connectivity index (χ3v) is 4.08. The number of pyridine rings is 1. The summed E-state index contributed by atoms with van der Waals surface area (Å²) in [4.78, 5) is 31.9. The highest BCUT2D eigenvalue weighted by Gasteiger charge is 2.26. The first-order valence-corrected chi connectivity index (χ1v) is 7.71. The molecular formula is C17H17N3O5. The zero-order chi connectivity index (χ0) is 18.0. The van der Waals surface area contributed by atoms with Gasteiger partial charge in [0.1, 0.15) is 0 Å². The lowest BCUT2D eigenvalue weighted by atomic mass is 10.1. The Bertz CT molecular complexity index is 778. The summed E-state index contributed by atoms with van der Waals surface area (Å²) in [6.45, 7) is 1.39. The molecule has 0 saturated carbocycles. The smallest absolute Gasteiger partial charge is 0.255 e. The second-order valence-corrected chi connectivity index (χ2v) is 5.69. The first-order chi connectivity index (χ1) is 12.0. The molecule has 1 aromatic carbocycles. The van der Waals surface area contributed by atoms with Gasteiger partial charge in [0.25, 0.3) is 11.8 Å². The molecule has 0 radical (unpaired) electrons. The number of aromatic nitrogens is 1. The van der Waals surface area contributed by atoms with Gasteiger partial charge in [0.15, 0.2) is 17.2 Å². The maximum absolute atomic E-state index is 12.5. The molecule has 0 bridgehead atoms. The van der Waals surface area contributed by atoms with Gasteiger partial charge in [-0.25, -0.2) is 0 Å². The van der Waals surface area contributed by atoms with Crippen molar-refractivity contribution in [3.63, 3.8) is 0 Å². The molecule has 8 heteroatoms. The van der Waals surface area contributed by atoms with Gasteiger partial charge in [-0.15, -0.1) is 0 Å². The van der Waals surface area contributed by atoms with E-state index in [1.54, 1.807) is 23.2 Å². The van der Waals surface area contributed by atoms with E-state index in [1.807, 2.05) is 0 Å². The SMILES string of the molecule is O=C(c1cccnc1)N1CCN(C(=O)c2cc(O)c(O)c(O)c2)CC1. The number of piperazine rings is 1. The molecule has 1 aliphatic rings. The Labute approximate surface area is 143 Å². The molecular weight excluding hydrogens is 326 g/mol. The number of carbonyl (C=O) groups excluding carboxylic acids is 2. The van der Waals surface area contributed by atoms with E-state index in [4.69, 9.17) is 0 Å². The quantitative estimate of drug-likeness (QED) is 0.695. The van der Waals surface area contributed by atoms with Gasteiger partial charge >= 0.3 is 0 Å². The van der Waals surface area contributed by atoms with Crippen molar-refractivity contribution in [1.82, 2.24) is 14.8 Å². The van der Waals surface area contributed by atoms with Crippen LogP contribution in [0.5, 0.6) is 17.2 Å². The zero-order valence-corrected chi connectivity index (χ0v) is 13.3. The van der Waals surface area contributed by atoms with Crippen LogP contribution in [0.15, 0.2) is 36.7 Å². The summed E-state index contributed by atoms with van der Waals surface area (Å²) >= 11 is 0. The number of hydrogen-bond acceptors (Lipinski definition) is 6. The van der Waals surface area contributed by atoms with Crippen LogP contribution in [0.2, 0.25) is 0 Å². The minimum atomic E-state index is -0.663. The van der Waals surface area contributed by atoms with E-state index in [2.05, 4.69) is 4.98 Å². The summed E-state index contributed by atoms with van der Waals surface area (Å²) in [5.74, 6) is -2.31. The number of benzene rings is 1. The maximum atomic E-state index is 12.5. The van der Waals surface area contributed by atoms with Crippen LogP contribution in [0.4, 0.5) is 0 Å². The summed E-state index contributed by atoms with van der Waals surface area (Å²) < 4.78 is 0. The minimum Gasteiger partial charge on any atom is -0.504 e. The molecule has 1 saturated heterocycles. The van der Waals surface area contributed by atoms with Crippen LogP contribution in [0.1, 0.15) is 20.7 Å². The molecule has 2 heterocycles. The molecule has 1 aromatic heterocycles. The van der Waals surface area contributed by atoms with Gasteiger partial charge in [0, 0.05) is 44.1 Å². The van der Waals surface area contributed by atoms with Gasteiger partial charge < -0.3 is 25.1 Å². The average molecular weight is 343 g/mol. The first-order valence-electron chi connectivity index (χ1n) is 7.71. The Morgan fingerprint density at radius 2 is 1.40 bits per heavy atom. The van der Waals surface area contributed by atoms with Crippen LogP contribution >= 0.6 is 0 Å². The van der Waals surface area contributed by atoms with Crippen molar-refractivity contribution >= 4 is 11.8 Å². The summed E-state index contributed by atoms with van der Waals surface area (Å²) in [6.07, 6.45) is 3.09. The minimum absolute atomic E-state index is 0.0693. The third kappa shape index (κ3) is 3.32. The average Bonchev–Trinajstić information content (AvgIpc) is 2.65. The van der Waals surface area contributed by atoms with E-state index in [1.165, 1.54) is 11.1 Å². The van der Waals surface area contributed by atoms with Gasteiger partial charge in [-0.1, -0.05) is 0 Å². The second-order valence-electron chi connectivity index (χ2n) is 5.69. The number of nitrogens with zero attached hydrogens (tertiary/aromatic N) is 3. The van der Waals surface area contributed by atoms with Crippen LogP contribution in [0.3, 0.4) is 0 Å². The van der Waals surface area contributed by atoms with Crippen molar-refractivity contribution in [2.24, 2.45) is 0 Å². The number of rotatable bonds is 2. The summed E-state index contributed by atoms with van der Waals surface area (Å²) in [6, 6.07) is 5.58. The molecule has 3 N–H and O–H groups in total. The van der Waals surface area contributed by atoms with Gasteiger partial charge in [-0.05, 0) is 24.3 Å². The molecule has 3 rings (SSSR count). The molecule has 8 nitrogen and oxygen atoms in total. The van der Waals surface area contributed by atoms with Gasteiger partial charge in [-0.2, -0.15) is 0 Å². The lowest BCUT2D eigenvalue weighted by Gasteiger charge is -2.34. The van der Waals surface area contributed by atoms with Crippen LogP contribution in [0, 0.1) is 0 Å². The lowest BCUT2D eigenvalue weighted by Crippen LogP contribution is -2.50. The Morgan fingerprint density at radius 3 is 1.88 bits per heavy atom. The summed E-state index contributed by atoms with van der Waals surface area (Å²) in [5, 5.41) is 28.4. The van der Waals surface area contributed by atoms with Crippen LogP contribution < -0.4 is 0 Å². The van der Waals surface area contributed by atoms with E-state index in [0.717, 1.165) is 12.1 Å². The van der Waals surface area contributed by atoms with E-state index < -0.39 is 17.2 Å². The van der Waals surface area contributed by atoms with Gasteiger partial charge in [-0.3, -0.25) is 14.6 Å². The van der Waals surface area contributed by atoms with E-state index in [0.29, 0.717) is 31.7 Å². The van der Waals surface area contributed by atoms with Crippen molar-refractivity contribution in [2.75, 3.05) is 26.2 Å². The molecule has 2 amide bonds.